The van der Waals surface area contributed by atoms with Gasteiger partial charge in [0.25, 0.3) is 0 Å². The molecule has 1 aromatic carbocycles. The molecule has 1 aliphatic rings. The minimum Gasteiger partial charge on any atom is -0.467 e. The minimum atomic E-state index is -1.13. The van der Waals surface area contributed by atoms with Crippen LogP contribution in [0.25, 0.3) is 0 Å². The van der Waals surface area contributed by atoms with Gasteiger partial charge < -0.3 is 14.6 Å². The molecule has 0 bridgehead atoms. The van der Waals surface area contributed by atoms with Crippen molar-refractivity contribution in [1.29, 1.82) is 0 Å². The first kappa shape index (κ1) is 14.3. The van der Waals surface area contributed by atoms with E-state index in [4.69, 9.17) is 9.84 Å². The number of ether oxygens (including phenoxy) is 2. The number of esters is 1. The zero-order valence-electron chi connectivity index (χ0n) is 11.2. The third kappa shape index (κ3) is 3.27. The molecule has 1 aliphatic heterocycles. The lowest BCUT2D eigenvalue weighted by Crippen LogP contribution is -2.40. The van der Waals surface area contributed by atoms with E-state index in [1.807, 2.05) is 30.3 Å². The summed E-state index contributed by atoms with van der Waals surface area (Å²) in [5, 5.41) is 9.09. The van der Waals surface area contributed by atoms with Crippen molar-refractivity contribution >= 4 is 12.1 Å². The molecule has 0 aromatic heterocycles. The Morgan fingerprint density at radius 3 is 2.65 bits per heavy atom. The number of methoxy groups -OCH3 is 1. The average molecular weight is 279 g/mol. The monoisotopic (exact) mass is 279 g/mol. The third-order valence-corrected chi connectivity index (χ3v) is 3.31. The van der Waals surface area contributed by atoms with Crippen LogP contribution in [-0.4, -0.2) is 47.9 Å². The van der Waals surface area contributed by atoms with E-state index in [-0.39, 0.29) is 12.6 Å². The van der Waals surface area contributed by atoms with Gasteiger partial charge in [0.15, 0.2) is 0 Å². The molecule has 1 amide bonds. The van der Waals surface area contributed by atoms with Gasteiger partial charge in [-0.2, -0.15) is 0 Å². The fourth-order valence-electron chi connectivity index (χ4n) is 2.28. The van der Waals surface area contributed by atoms with Gasteiger partial charge in [-0.05, 0) is 5.56 Å². The number of hydrogen-bond donors (Lipinski definition) is 1. The molecule has 6 nitrogen and oxygen atoms in total. The van der Waals surface area contributed by atoms with Crippen molar-refractivity contribution in [3.63, 3.8) is 0 Å². The highest BCUT2D eigenvalue weighted by molar-refractivity contribution is 5.81. The summed E-state index contributed by atoms with van der Waals surface area (Å²) in [6.45, 7) is 0.578. The summed E-state index contributed by atoms with van der Waals surface area (Å²) in [7, 11) is 1.25. The molecule has 0 saturated carbocycles. The molecule has 6 heteroatoms. The lowest BCUT2D eigenvalue weighted by atomic mass is 10.2. The van der Waals surface area contributed by atoms with Crippen LogP contribution in [0.1, 0.15) is 12.0 Å². The van der Waals surface area contributed by atoms with Crippen molar-refractivity contribution in [3.05, 3.63) is 35.9 Å². The number of hydrogen-bond acceptors (Lipinski definition) is 4. The zero-order chi connectivity index (χ0) is 14.5. The van der Waals surface area contributed by atoms with Gasteiger partial charge in [0, 0.05) is 6.42 Å². The van der Waals surface area contributed by atoms with Crippen LogP contribution in [0.4, 0.5) is 4.79 Å². The maximum Gasteiger partial charge on any atom is 0.408 e. The van der Waals surface area contributed by atoms with Crippen molar-refractivity contribution in [2.75, 3.05) is 13.7 Å². The van der Waals surface area contributed by atoms with Crippen LogP contribution in [-0.2, 0) is 20.9 Å². The van der Waals surface area contributed by atoms with E-state index in [1.165, 1.54) is 7.11 Å². The summed E-state index contributed by atoms with van der Waals surface area (Å²) >= 11 is 0. The topological polar surface area (TPSA) is 76.1 Å². The van der Waals surface area contributed by atoms with Gasteiger partial charge >= 0.3 is 12.1 Å². The Morgan fingerprint density at radius 1 is 1.35 bits per heavy atom. The van der Waals surface area contributed by atoms with Crippen molar-refractivity contribution < 1.29 is 24.2 Å². The molecule has 0 aliphatic carbocycles. The van der Waals surface area contributed by atoms with Crippen molar-refractivity contribution in [2.45, 2.75) is 25.2 Å². The van der Waals surface area contributed by atoms with Crippen molar-refractivity contribution in [1.82, 2.24) is 4.90 Å². The highest BCUT2D eigenvalue weighted by atomic mass is 16.5. The number of carbonyl (C=O) groups excluding carboxylic acids is 1. The fourth-order valence-corrected chi connectivity index (χ4v) is 2.28. The smallest absolute Gasteiger partial charge is 0.408 e. The normalized spacial score (nSPS) is 21.8. The summed E-state index contributed by atoms with van der Waals surface area (Å²) in [6.07, 6.45) is -1.10. The molecule has 0 spiro atoms. The van der Waals surface area contributed by atoms with Crippen LogP contribution in [0.15, 0.2) is 30.3 Å². The van der Waals surface area contributed by atoms with E-state index in [2.05, 4.69) is 4.74 Å². The number of amides is 1. The molecule has 1 aromatic rings. The Kier molecular flexibility index (Phi) is 4.57. The second-order valence-electron chi connectivity index (χ2n) is 4.63. The van der Waals surface area contributed by atoms with E-state index < -0.39 is 18.1 Å². The maximum absolute atomic E-state index is 11.6. The van der Waals surface area contributed by atoms with E-state index in [9.17, 15) is 9.59 Å². The number of carboxylic acid groups (broad SMARTS) is 1. The average Bonchev–Trinajstić information content (AvgIpc) is 2.90. The molecule has 1 fully saturated rings. The minimum absolute atomic E-state index is 0.182. The lowest BCUT2D eigenvalue weighted by molar-refractivity contribution is -0.145. The van der Waals surface area contributed by atoms with Crippen molar-refractivity contribution in [3.8, 4) is 0 Å². The van der Waals surface area contributed by atoms with Crippen LogP contribution in [0.3, 0.4) is 0 Å². The molecular weight excluding hydrogens is 262 g/mol. The Hall–Kier alpha value is -2.08. The van der Waals surface area contributed by atoms with Crippen LogP contribution < -0.4 is 0 Å². The quantitative estimate of drug-likeness (QED) is 0.845. The first-order chi connectivity index (χ1) is 9.61. The second kappa shape index (κ2) is 6.38. The standard InChI is InChI=1S/C14H17NO5/c1-19-13(16)12-7-11(8-15(12)14(17)18)20-9-10-5-3-2-4-6-10/h2-6,11-12H,7-9H2,1H3,(H,17,18)/t11-,12-/m1/s1. The largest absolute Gasteiger partial charge is 0.467 e. The Balaban J connectivity index is 1.94. The molecule has 1 N–H and O–H groups in total. The summed E-state index contributed by atoms with van der Waals surface area (Å²) in [5.74, 6) is -0.543. The highest BCUT2D eigenvalue weighted by Gasteiger charge is 2.40. The molecule has 2 atom stereocenters. The van der Waals surface area contributed by atoms with Gasteiger partial charge in [0.1, 0.15) is 6.04 Å². The Bertz CT molecular complexity index is 476. The van der Waals surface area contributed by atoms with Gasteiger partial charge in [-0.25, -0.2) is 9.59 Å². The van der Waals surface area contributed by atoms with Gasteiger partial charge in [-0.1, -0.05) is 30.3 Å². The van der Waals surface area contributed by atoms with Gasteiger partial charge in [-0.15, -0.1) is 0 Å². The van der Waals surface area contributed by atoms with E-state index >= 15 is 0 Å². The molecule has 0 radical (unpaired) electrons. The summed E-state index contributed by atoms with van der Waals surface area (Å²) in [4.78, 5) is 23.8. The number of likely N-dealkylation sites (tertiary alicyclic amines) is 1. The SMILES string of the molecule is COC(=O)[C@H]1C[C@@H](OCc2ccccc2)CN1C(=O)O. The van der Waals surface area contributed by atoms with E-state index in [0.29, 0.717) is 13.0 Å². The predicted octanol–water partition coefficient (Wildman–Crippen LogP) is 1.50. The van der Waals surface area contributed by atoms with E-state index in [1.54, 1.807) is 0 Å². The number of rotatable bonds is 4. The van der Waals surface area contributed by atoms with Crippen LogP contribution in [0, 0.1) is 0 Å². The summed E-state index contributed by atoms with van der Waals surface area (Å²) in [5.41, 5.74) is 1.01. The molecule has 2 rings (SSSR count). The van der Waals surface area contributed by atoms with Crippen LogP contribution >= 0.6 is 0 Å². The Morgan fingerprint density at radius 2 is 2.05 bits per heavy atom. The zero-order valence-corrected chi connectivity index (χ0v) is 11.2. The van der Waals surface area contributed by atoms with Gasteiger partial charge in [0.2, 0.25) is 0 Å². The fraction of sp³-hybridized carbons (Fsp3) is 0.429. The second-order valence-corrected chi connectivity index (χ2v) is 4.63. The molecule has 0 unspecified atom stereocenters. The molecular formula is C14H17NO5. The number of nitrogens with zero attached hydrogens (tertiary/aromatic N) is 1. The Labute approximate surface area is 116 Å². The maximum atomic E-state index is 11.6. The predicted molar refractivity (Wildman–Crippen MR) is 70.2 cm³/mol. The van der Waals surface area contributed by atoms with E-state index in [0.717, 1.165) is 10.5 Å². The molecule has 1 heterocycles. The highest BCUT2D eigenvalue weighted by Crippen LogP contribution is 2.22. The van der Waals surface area contributed by atoms with Crippen molar-refractivity contribution in [2.24, 2.45) is 0 Å². The molecule has 1 saturated heterocycles. The first-order valence-electron chi connectivity index (χ1n) is 6.34. The summed E-state index contributed by atoms with van der Waals surface area (Å²) in [6, 6.07) is 8.82. The molecule has 20 heavy (non-hydrogen) atoms. The van der Waals surface area contributed by atoms with Gasteiger partial charge in [0.05, 0.1) is 26.4 Å². The molecule has 108 valence electrons. The lowest BCUT2D eigenvalue weighted by Gasteiger charge is -2.18. The van der Waals surface area contributed by atoms with Crippen LogP contribution in [0.2, 0.25) is 0 Å². The third-order valence-electron chi connectivity index (χ3n) is 3.31. The number of carbonyl (C=O) groups is 2. The van der Waals surface area contributed by atoms with Crippen LogP contribution in [0.5, 0.6) is 0 Å². The summed E-state index contributed by atoms with van der Waals surface area (Å²) < 4.78 is 10.3. The van der Waals surface area contributed by atoms with Gasteiger partial charge in [-0.3, -0.25) is 4.90 Å². The number of benzene rings is 1. The first-order valence-corrected chi connectivity index (χ1v) is 6.34.